The molecule has 0 aromatic carbocycles. The van der Waals surface area contributed by atoms with Crippen molar-refractivity contribution in [3.05, 3.63) is 11.9 Å². The third kappa shape index (κ3) is 3.30. The van der Waals surface area contributed by atoms with E-state index >= 15 is 0 Å². The maximum absolute atomic E-state index is 4.84. The molecule has 118 valence electrons. The number of hydrogen-bond donors (Lipinski definition) is 1. The Kier molecular flexibility index (Phi) is 4.45. The minimum atomic E-state index is -0.0338. The van der Waals surface area contributed by atoms with Crippen LogP contribution < -0.4 is 10.2 Å². The molecule has 0 spiro atoms. The molecule has 0 amide bonds. The molecule has 1 aliphatic rings. The maximum Gasteiger partial charge on any atom is 0.138 e. The molecule has 4 heteroatoms. The predicted molar refractivity (Wildman–Crippen MR) is 90.1 cm³/mol. The Morgan fingerprint density at radius 2 is 1.90 bits per heavy atom. The second-order valence-corrected chi connectivity index (χ2v) is 7.31. The summed E-state index contributed by atoms with van der Waals surface area (Å²) in [6.07, 6.45) is 3.76. The van der Waals surface area contributed by atoms with Crippen molar-refractivity contribution in [3.8, 4) is 0 Å². The highest BCUT2D eigenvalue weighted by atomic mass is 15.2. The summed E-state index contributed by atoms with van der Waals surface area (Å²) in [5, 5.41) is 3.17. The van der Waals surface area contributed by atoms with Crippen LogP contribution in [0.2, 0.25) is 0 Å². The summed E-state index contributed by atoms with van der Waals surface area (Å²) in [5.74, 6) is 2.90. The number of hydrogen-bond acceptors (Lipinski definition) is 4. The highest BCUT2D eigenvalue weighted by Crippen LogP contribution is 2.39. The summed E-state index contributed by atoms with van der Waals surface area (Å²) in [6, 6.07) is 2.08. The first-order chi connectivity index (χ1) is 9.83. The van der Waals surface area contributed by atoms with E-state index in [1.807, 2.05) is 7.05 Å². The molecule has 1 aromatic rings. The molecule has 1 saturated heterocycles. The summed E-state index contributed by atoms with van der Waals surface area (Å²) >= 11 is 0. The summed E-state index contributed by atoms with van der Waals surface area (Å²) in [7, 11) is 1.92. The summed E-state index contributed by atoms with van der Waals surface area (Å²) in [4.78, 5) is 11.9. The minimum absolute atomic E-state index is 0.0338. The maximum atomic E-state index is 4.84. The smallest absolute Gasteiger partial charge is 0.138 e. The lowest BCUT2D eigenvalue weighted by atomic mass is 9.82. The molecule has 1 N–H and O–H groups in total. The molecule has 0 aliphatic carbocycles. The van der Waals surface area contributed by atoms with Gasteiger partial charge in [-0.15, -0.1) is 0 Å². The Morgan fingerprint density at radius 1 is 1.24 bits per heavy atom. The van der Waals surface area contributed by atoms with E-state index in [1.54, 1.807) is 0 Å². The first-order valence-electron chi connectivity index (χ1n) is 8.16. The van der Waals surface area contributed by atoms with Crippen molar-refractivity contribution < 1.29 is 0 Å². The van der Waals surface area contributed by atoms with Gasteiger partial charge in [0.2, 0.25) is 0 Å². The largest absolute Gasteiger partial charge is 0.373 e. The Balaban J connectivity index is 2.32. The van der Waals surface area contributed by atoms with Gasteiger partial charge in [-0.25, -0.2) is 9.97 Å². The van der Waals surface area contributed by atoms with Crippen LogP contribution in [-0.2, 0) is 5.41 Å². The quantitative estimate of drug-likeness (QED) is 0.915. The summed E-state index contributed by atoms with van der Waals surface area (Å²) in [5.41, 5.74) is 0.431. The van der Waals surface area contributed by atoms with E-state index in [0.29, 0.717) is 5.41 Å². The lowest BCUT2D eigenvalue weighted by Crippen LogP contribution is -2.28. The van der Waals surface area contributed by atoms with Gasteiger partial charge in [0.1, 0.15) is 17.5 Å². The molecule has 0 bridgehead atoms. The summed E-state index contributed by atoms with van der Waals surface area (Å²) in [6.45, 7) is 13.3. The van der Waals surface area contributed by atoms with E-state index in [2.05, 4.69) is 55.9 Å². The highest BCUT2D eigenvalue weighted by Gasteiger charge is 2.36. The van der Waals surface area contributed by atoms with Gasteiger partial charge in [0, 0.05) is 31.6 Å². The van der Waals surface area contributed by atoms with Gasteiger partial charge in [0.05, 0.1) is 0 Å². The van der Waals surface area contributed by atoms with Crippen LogP contribution in [0.3, 0.4) is 0 Å². The molecular formula is C17H30N4. The lowest BCUT2D eigenvalue weighted by molar-refractivity contribution is 0.301. The molecule has 1 aliphatic heterocycles. The summed E-state index contributed by atoms with van der Waals surface area (Å²) < 4.78 is 0. The van der Waals surface area contributed by atoms with Crippen LogP contribution in [0.15, 0.2) is 6.07 Å². The van der Waals surface area contributed by atoms with Crippen molar-refractivity contribution in [2.24, 2.45) is 5.41 Å². The van der Waals surface area contributed by atoms with Gasteiger partial charge in [0.25, 0.3) is 0 Å². The van der Waals surface area contributed by atoms with Crippen molar-refractivity contribution in [3.63, 3.8) is 0 Å². The van der Waals surface area contributed by atoms with Gasteiger partial charge in [-0.3, -0.25) is 0 Å². The molecule has 4 nitrogen and oxygen atoms in total. The lowest BCUT2D eigenvalue weighted by Gasteiger charge is -2.27. The second kappa shape index (κ2) is 5.82. The standard InChI is InChI=1S/C17H30N4/c1-7-17(8-2)9-10-21(12-17)14-11-13(18-6)19-15(20-14)16(3,4)5/h11H,7-10,12H2,1-6H3,(H,18,19,20). The van der Waals surface area contributed by atoms with Crippen molar-refractivity contribution >= 4 is 11.6 Å². The highest BCUT2D eigenvalue weighted by molar-refractivity contribution is 5.50. The Labute approximate surface area is 129 Å². The number of nitrogens with zero attached hydrogens (tertiary/aromatic N) is 3. The van der Waals surface area contributed by atoms with Gasteiger partial charge >= 0.3 is 0 Å². The minimum Gasteiger partial charge on any atom is -0.373 e. The van der Waals surface area contributed by atoms with Crippen LogP contribution in [0.4, 0.5) is 11.6 Å². The van der Waals surface area contributed by atoms with Crippen molar-refractivity contribution in [2.75, 3.05) is 30.4 Å². The Morgan fingerprint density at radius 3 is 2.38 bits per heavy atom. The normalized spacial score (nSPS) is 18.1. The fourth-order valence-corrected chi connectivity index (χ4v) is 3.02. The van der Waals surface area contributed by atoms with Crippen molar-refractivity contribution in [1.29, 1.82) is 0 Å². The number of rotatable bonds is 4. The molecule has 2 rings (SSSR count). The molecule has 2 heterocycles. The average molecular weight is 290 g/mol. The van der Waals surface area contributed by atoms with Crippen LogP contribution in [-0.4, -0.2) is 30.1 Å². The van der Waals surface area contributed by atoms with Crippen LogP contribution in [0, 0.1) is 5.41 Å². The van der Waals surface area contributed by atoms with Crippen LogP contribution in [0.1, 0.15) is 59.7 Å². The number of nitrogens with one attached hydrogen (secondary N) is 1. The molecule has 0 atom stereocenters. The van der Waals surface area contributed by atoms with Gasteiger partial charge in [-0.2, -0.15) is 0 Å². The van der Waals surface area contributed by atoms with Crippen LogP contribution >= 0.6 is 0 Å². The Hall–Kier alpha value is -1.32. The first kappa shape index (κ1) is 16.1. The Bertz CT molecular complexity index is 486. The average Bonchev–Trinajstić information content (AvgIpc) is 2.91. The molecule has 1 fully saturated rings. The zero-order valence-electron chi connectivity index (χ0n) is 14.5. The monoisotopic (exact) mass is 290 g/mol. The number of anilines is 2. The van der Waals surface area contributed by atoms with Gasteiger partial charge < -0.3 is 10.2 Å². The molecule has 0 unspecified atom stereocenters. The molecular weight excluding hydrogens is 260 g/mol. The van der Waals surface area contributed by atoms with Crippen LogP contribution in [0.5, 0.6) is 0 Å². The molecule has 1 aromatic heterocycles. The van der Waals surface area contributed by atoms with Crippen molar-refractivity contribution in [2.45, 2.75) is 59.3 Å². The molecule has 0 saturated carbocycles. The fourth-order valence-electron chi connectivity index (χ4n) is 3.02. The molecule has 21 heavy (non-hydrogen) atoms. The predicted octanol–water partition coefficient (Wildman–Crippen LogP) is 3.83. The van der Waals surface area contributed by atoms with E-state index in [4.69, 9.17) is 4.98 Å². The van der Waals surface area contributed by atoms with Crippen molar-refractivity contribution in [1.82, 2.24) is 9.97 Å². The van der Waals surface area contributed by atoms with Gasteiger partial charge in [-0.05, 0) is 24.7 Å². The van der Waals surface area contributed by atoms with E-state index in [9.17, 15) is 0 Å². The van der Waals surface area contributed by atoms with Gasteiger partial charge in [0.15, 0.2) is 0 Å². The van der Waals surface area contributed by atoms with E-state index in [0.717, 1.165) is 30.5 Å². The SMILES string of the molecule is CCC1(CC)CCN(c2cc(NC)nc(C(C)(C)C)n2)C1. The van der Waals surface area contributed by atoms with E-state index in [-0.39, 0.29) is 5.41 Å². The molecule has 0 radical (unpaired) electrons. The first-order valence-corrected chi connectivity index (χ1v) is 8.16. The number of aromatic nitrogens is 2. The second-order valence-electron chi connectivity index (χ2n) is 7.31. The van der Waals surface area contributed by atoms with E-state index < -0.39 is 0 Å². The third-order valence-electron chi connectivity index (χ3n) is 4.90. The third-order valence-corrected chi connectivity index (χ3v) is 4.90. The zero-order chi connectivity index (χ0) is 15.7. The zero-order valence-corrected chi connectivity index (χ0v) is 14.5. The topological polar surface area (TPSA) is 41.0 Å². The van der Waals surface area contributed by atoms with E-state index in [1.165, 1.54) is 19.3 Å². The van der Waals surface area contributed by atoms with Crippen LogP contribution in [0.25, 0.3) is 0 Å². The fraction of sp³-hybridized carbons (Fsp3) is 0.765. The van der Waals surface area contributed by atoms with Gasteiger partial charge in [-0.1, -0.05) is 34.6 Å².